The number of likely N-dealkylation sites (tertiary alicyclic amines) is 1. The van der Waals surface area contributed by atoms with E-state index < -0.39 is 0 Å². The fourth-order valence-electron chi connectivity index (χ4n) is 2.89. The fraction of sp³-hybridized carbons (Fsp3) is 0.438. The number of aromatic nitrogens is 2. The Morgan fingerprint density at radius 2 is 2.15 bits per heavy atom. The number of hydrogen-bond donors (Lipinski definition) is 2. The molecule has 2 N–H and O–H groups in total. The highest BCUT2D eigenvalue weighted by atomic mass is 15.1. The van der Waals surface area contributed by atoms with Gasteiger partial charge in [-0.3, -0.25) is 5.10 Å². The van der Waals surface area contributed by atoms with Gasteiger partial charge in [0.05, 0.1) is 5.69 Å². The minimum absolute atomic E-state index is 0.765. The molecule has 3 rings (SSSR count). The van der Waals surface area contributed by atoms with Crippen molar-refractivity contribution in [3.05, 3.63) is 36.5 Å². The van der Waals surface area contributed by atoms with E-state index in [1.807, 2.05) is 6.07 Å². The lowest BCUT2D eigenvalue weighted by molar-refractivity contribution is 0.217. The van der Waals surface area contributed by atoms with Crippen LogP contribution in [0.3, 0.4) is 0 Å². The second kappa shape index (κ2) is 6.09. The summed E-state index contributed by atoms with van der Waals surface area (Å²) in [4.78, 5) is 2.43. The maximum absolute atomic E-state index is 3.98. The first kappa shape index (κ1) is 13.2. The van der Waals surface area contributed by atoms with Crippen LogP contribution in [0.1, 0.15) is 12.8 Å². The van der Waals surface area contributed by atoms with Gasteiger partial charge < -0.3 is 10.2 Å². The van der Waals surface area contributed by atoms with E-state index in [4.69, 9.17) is 0 Å². The Morgan fingerprint density at radius 1 is 1.30 bits per heavy atom. The van der Waals surface area contributed by atoms with Crippen LogP contribution in [0.25, 0.3) is 11.3 Å². The van der Waals surface area contributed by atoms with E-state index in [1.165, 1.54) is 37.2 Å². The number of anilines is 1. The van der Waals surface area contributed by atoms with Crippen LogP contribution >= 0.6 is 0 Å². The molecule has 2 heterocycles. The highest BCUT2D eigenvalue weighted by Gasteiger charge is 2.16. The van der Waals surface area contributed by atoms with E-state index in [1.54, 1.807) is 6.20 Å². The number of rotatable bonds is 4. The summed E-state index contributed by atoms with van der Waals surface area (Å²) in [6, 6.07) is 10.5. The normalized spacial score (nSPS) is 19.9. The Hall–Kier alpha value is -1.81. The van der Waals surface area contributed by atoms with Gasteiger partial charge >= 0.3 is 0 Å². The highest BCUT2D eigenvalue weighted by Crippen LogP contribution is 2.20. The zero-order valence-corrected chi connectivity index (χ0v) is 12.0. The SMILES string of the molecule is CN1CCCC(CNc2ccc(-c3ccn[nH]3)cc2)C1. The standard InChI is InChI=1S/C16H22N4/c1-20-10-2-3-13(12-20)11-17-15-6-4-14(5-7-15)16-8-9-18-19-16/h4-9,13,17H,2-3,10-12H2,1H3,(H,18,19). The molecule has 0 bridgehead atoms. The van der Waals surface area contributed by atoms with Crippen LogP contribution in [0.4, 0.5) is 5.69 Å². The van der Waals surface area contributed by atoms with Crippen LogP contribution in [-0.4, -0.2) is 41.8 Å². The quantitative estimate of drug-likeness (QED) is 0.898. The Balaban J connectivity index is 1.56. The molecular formula is C16H22N4. The zero-order valence-electron chi connectivity index (χ0n) is 12.0. The van der Waals surface area contributed by atoms with Crippen molar-refractivity contribution in [2.75, 3.05) is 32.0 Å². The summed E-state index contributed by atoms with van der Waals surface area (Å²) in [5.41, 5.74) is 3.43. The van der Waals surface area contributed by atoms with Crippen molar-refractivity contribution in [1.29, 1.82) is 0 Å². The van der Waals surface area contributed by atoms with Crippen molar-refractivity contribution in [3.63, 3.8) is 0 Å². The number of hydrogen-bond acceptors (Lipinski definition) is 3. The molecule has 0 amide bonds. The van der Waals surface area contributed by atoms with Crippen LogP contribution in [0.5, 0.6) is 0 Å². The van der Waals surface area contributed by atoms with Gasteiger partial charge in [-0.15, -0.1) is 0 Å². The van der Waals surface area contributed by atoms with Crippen LogP contribution in [0, 0.1) is 5.92 Å². The molecule has 106 valence electrons. The molecule has 4 nitrogen and oxygen atoms in total. The average Bonchev–Trinajstić information content (AvgIpc) is 3.00. The molecule has 1 fully saturated rings. The van der Waals surface area contributed by atoms with Crippen molar-refractivity contribution in [2.45, 2.75) is 12.8 Å². The van der Waals surface area contributed by atoms with Gasteiger partial charge in [-0.2, -0.15) is 5.10 Å². The third-order valence-corrected chi connectivity index (χ3v) is 4.01. The predicted octanol–water partition coefficient (Wildman–Crippen LogP) is 2.83. The summed E-state index contributed by atoms with van der Waals surface area (Å²) >= 11 is 0. The second-order valence-corrected chi connectivity index (χ2v) is 5.70. The number of nitrogens with one attached hydrogen (secondary N) is 2. The summed E-state index contributed by atoms with van der Waals surface area (Å²) < 4.78 is 0. The minimum atomic E-state index is 0.765. The molecule has 1 aromatic heterocycles. The predicted molar refractivity (Wildman–Crippen MR) is 82.7 cm³/mol. The molecular weight excluding hydrogens is 248 g/mol. The Labute approximate surface area is 120 Å². The van der Waals surface area contributed by atoms with Gasteiger partial charge in [-0.1, -0.05) is 12.1 Å². The summed E-state index contributed by atoms with van der Waals surface area (Å²) in [7, 11) is 2.21. The Bertz CT molecular complexity index is 518. The minimum Gasteiger partial charge on any atom is -0.385 e. The van der Waals surface area contributed by atoms with E-state index >= 15 is 0 Å². The lowest BCUT2D eigenvalue weighted by atomic mass is 9.98. The third kappa shape index (κ3) is 3.20. The highest BCUT2D eigenvalue weighted by molar-refractivity contribution is 5.62. The largest absolute Gasteiger partial charge is 0.385 e. The van der Waals surface area contributed by atoms with Crippen molar-refractivity contribution < 1.29 is 0 Å². The van der Waals surface area contributed by atoms with E-state index in [2.05, 4.69) is 51.7 Å². The first-order chi connectivity index (χ1) is 9.81. The van der Waals surface area contributed by atoms with Crippen molar-refractivity contribution in [2.24, 2.45) is 5.92 Å². The van der Waals surface area contributed by atoms with Gasteiger partial charge in [-0.05, 0) is 56.1 Å². The van der Waals surface area contributed by atoms with Crippen LogP contribution in [0.2, 0.25) is 0 Å². The lowest BCUT2D eigenvalue weighted by Crippen LogP contribution is -2.35. The molecule has 0 radical (unpaired) electrons. The molecule has 20 heavy (non-hydrogen) atoms. The third-order valence-electron chi connectivity index (χ3n) is 4.01. The first-order valence-corrected chi connectivity index (χ1v) is 7.33. The Kier molecular flexibility index (Phi) is 4.02. The Morgan fingerprint density at radius 3 is 2.85 bits per heavy atom. The van der Waals surface area contributed by atoms with Crippen molar-refractivity contribution in [1.82, 2.24) is 15.1 Å². The van der Waals surface area contributed by atoms with Gasteiger partial charge in [0.2, 0.25) is 0 Å². The molecule has 1 unspecified atom stereocenters. The molecule has 2 aromatic rings. The number of piperidine rings is 1. The maximum Gasteiger partial charge on any atom is 0.0650 e. The lowest BCUT2D eigenvalue weighted by Gasteiger charge is -2.29. The summed E-state index contributed by atoms with van der Waals surface area (Å²) in [5, 5.41) is 10.5. The van der Waals surface area contributed by atoms with E-state index in [0.29, 0.717) is 0 Å². The van der Waals surface area contributed by atoms with E-state index in [0.717, 1.165) is 18.2 Å². The van der Waals surface area contributed by atoms with Crippen molar-refractivity contribution >= 4 is 5.69 Å². The fourth-order valence-corrected chi connectivity index (χ4v) is 2.89. The molecule has 4 heteroatoms. The van der Waals surface area contributed by atoms with Gasteiger partial charge in [-0.25, -0.2) is 0 Å². The van der Waals surface area contributed by atoms with Gasteiger partial charge in [0.25, 0.3) is 0 Å². The average molecular weight is 270 g/mol. The summed E-state index contributed by atoms with van der Waals surface area (Å²) in [6.45, 7) is 3.52. The van der Waals surface area contributed by atoms with Gasteiger partial charge in [0.15, 0.2) is 0 Å². The molecule has 1 aliphatic heterocycles. The summed E-state index contributed by atoms with van der Waals surface area (Å²) in [6.07, 6.45) is 4.44. The zero-order chi connectivity index (χ0) is 13.8. The molecule has 0 aliphatic carbocycles. The number of nitrogens with zero attached hydrogens (tertiary/aromatic N) is 2. The first-order valence-electron chi connectivity index (χ1n) is 7.33. The number of aromatic amines is 1. The van der Waals surface area contributed by atoms with Crippen molar-refractivity contribution in [3.8, 4) is 11.3 Å². The molecule has 1 atom stereocenters. The molecule has 1 saturated heterocycles. The van der Waals surface area contributed by atoms with Gasteiger partial charge in [0.1, 0.15) is 0 Å². The van der Waals surface area contributed by atoms with Gasteiger partial charge in [0, 0.05) is 25.0 Å². The smallest absolute Gasteiger partial charge is 0.0650 e. The summed E-state index contributed by atoms with van der Waals surface area (Å²) in [5.74, 6) is 0.765. The molecule has 0 saturated carbocycles. The monoisotopic (exact) mass is 270 g/mol. The topological polar surface area (TPSA) is 44.0 Å². The molecule has 1 aliphatic rings. The maximum atomic E-state index is 3.98. The number of H-pyrrole nitrogens is 1. The van der Waals surface area contributed by atoms with Crippen LogP contribution in [-0.2, 0) is 0 Å². The van der Waals surface area contributed by atoms with Crippen LogP contribution in [0.15, 0.2) is 36.5 Å². The molecule has 0 spiro atoms. The van der Waals surface area contributed by atoms with Crippen LogP contribution < -0.4 is 5.32 Å². The molecule has 1 aromatic carbocycles. The second-order valence-electron chi connectivity index (χ2n) is 5.70. The van der Waals surface area contributed by atoms with E-state index in [-0.39, 0.29) is 0 Å². The number of benzene rings is 1. The van der Waals surface area contributed by atoms with E-state index in [9.17, 15) is 0 Å².